The van der Waals surface area contributed by atoms with E-state index in [2.05, 4.69) is 65.2 Å². The molecule has 0 aliphatic heterocycles. The van der Waals surface area contributed by atoms with Gasteiger partial charge in [0.15, 0.2) is 0 Å². The Labute approximate surface area is 155 Å². The van der Waals surface area contributed by atoms with Crippen LogP contribution in [0.15, 0.2) is 89.3 Å². The standard InChI is InChI=1S/C24H16N2O/c25-19-8-5-11-23-24(19)18-14-15(12-13-22(18)27-23)26-20-9-3-1-6-16(20)17-7-2-4-10-21(17)26/h1-14H,25H2. The highest BCUT2D eigenvalue weighted by Crippen LogP contribution is 2.36. The van der Waals surface area contributed by atoms with Crippen molar-refractivity contribution in [3.8, 4) is 5.69 Å². The number of anilines is 1. The van der Waals surface area contributed by atoms with E-state index in [0.29, 0.717) is 0 Å². The van der Waals surface area contributed by atoms with Crippen LogP contribution in [0.4, 0.5) is 5.69 Å². The van der Waals surface area contributed by atoms with Gasteiger partial charge in [-0.2, -0.15) is 0 Å². The van der Waals surface area contributed by atoms with Crippen molar-refractivity contribution in [2.75, 3.05) is 5.73 Å². The maximum Gasteiger partial charge on any atom is 0.137 e. The molecule has 128 valence electrons. The molecule has 0 aliphatic rings. The fraction of sp³-hybridized carbons (Fsp3) is 0. The average Bonchev–Trinajstić information content (AvgIpc) is 3.24. The Hall–Kier alpha value is -3.72. The van der Waals surface area contributed by atoms with Crippen LogP contribution in [0.2, 0.25) is 0 Å². The first-order chi connectivity index (χ1) is 13.3. The molecule has 0 unspecified atom stereocenters. The van der Waals surface area contributed by atoms with Crippen LogP contribution in [0.5, 0.6) is 0 Å². The number of nitrogens with two attached hydrogens (primary N) is 1. The summed E-state index contributed by atoms with van der Waals surface area (Å²) >= 11 is 0. The van der Waals surface area contributed by atoms with Crippen LogP contribution in [-0.2, 0) is 0 Å². The molecule has 0 radical (unpaired) electrons. The van der Waals surface area contributed by atoms with Crippen LogP contribution in [0.25, 0.3) is 49.4 Å². The van der Waals surface area contributed by atoms with Gasteiger partial charge in [-0.1, -0.05) is 42.5 Å². The molecule has 0 amide bonds. The van der Waals surface area contributed by atoms with Gasteiger partial charge in [-0.15, -0.1) is 0 Å². The van der Waals surface area contributed by atoms with Gasteiger partial charge < -0.3 is 14.7 Å². The van der Waals surface area contributed by atoms with Crippen LogP contribution in [-0.4, -0.2) is 4.57 Å². The minimum atomic E-state index is 0.741. The van der Waals surface area contributed by atoms with Crippen LogP contribution in [0.3, 0.4) is 0 Å². The molecule has 0 aliphatic carbocycles. The van der Waals surface area contributed by atoms with Crippen molar-refractivity contribution >= 4 is 49.4 Å². The highest BCUT2D eigenvalue weighted by molar-refractivity contribution is 6.12. The summed E-state index contributed by atoms with van der Waals surface area (Å²) < 4.78 is 8.30. The first-order valence-corrected chi connectivity index (χ1v) is 9.00. The summed E-state index contributed by atoms with van der Waals surface area (Å²) in [4.78, 5) is 0. The molecule has 2 aromatic heterocycles. The van der Waals surface area contributed by atoms with E-state index in [9.17, 15) is 0 Å². The minimum Gasteiger partial charge on any atom is -0.456 e. The summed E-state index contributed by atoms with van der Waals surface area (Å²) in [5, 5.41) is 4.53. The van der Waals surface area contributed by atoms with Crippen molar-refractivity contribution in [1.29, 1.82) is 0 Å². The molecule has 0 spiro atoms. The van der Waals surface area contributed by atoms with E-state index in [4.69, 9.17) is 10.2 Å². The van der Waals surface area contributed by atoms with Crippen molar-refractivity contribution in [2.24, 2.45) is 0 Å². The second-order valence-corrected chi connectivity index (χ2v) is 6.87. The Morgan fingerprint density at radius 2 is 1.33 bits per heavy atom. The second-order valence-electron chi connectivity index (χ2n) is 6.87. The lowest BCUT2D eigenvalue weighted by Gasteiger charge is -2.08. The molecule has 0 atom stereocenters. The largest absolute Gasteiger partial charge is 0.456 e. The van der Waals surface area contributed by atoms with Gasteiger partial charge >= 0.3 is 0 Å². The number of nitrogen functional groups attached to an aromatic ring is 1. The van der Waals surface area contributed by atoms with Crippen molar-refractivity contribution < 1.29 is 4.42 Å². The molecule has 27 heavy (non-hydrogen) atoms. The van der Waals surface area contributed by atoms with E-state index in [1.807, 2.05) is 24.3 Å². The summed E-state index contributed by atoms with van der Waals surface area (Å²) in [5.74, 6) is 0. The van der Waals surface area contributed by atoms with Crippen LogP contribution in [0.1, 0.15) is 0 Å². The van der Waals surface area contributed by atoms with Crippen LogP contribution in [0, 0.1) is 0 Å². The minimum absolute atomic E-state index is 0.741. The van der Waals surface area contributed by atoms with Crippen molar-refractivity contribution in [3.63, 3.8) is 0 Å². The number of hydrogen-bond donors (Lipinski definition) is 1. The Morgan fingerprint density at radius 1 is 0.630 bits per heavy atom. The van der Waals surface area contributed by atoms with E-state index in [1.54, 1.807) is 0 Å². The zero-order valence-corrected chi connectivity index (χ0v) is 14.5. The van der Waals surface area contributed by atoms with Gasteiger partial charge in [0.05, 0.1) is 16.4 Å². The van der Waals surface area contributed by atoms with E-state index in [0.717, 1.165) is 33.3 Å². The third-order valence-corrected chi connectivity index (χ3v) is 5.35. The Morgan fingerprint density at radius 3 is 2.07 bits per heavy atom. The quantitative estimate of drug-likeness (QED) is 0.356. The predicted octanol–water partition coefficient (Wildman–Crippen LogP) is 6.27. The van der Waals surface area contributed by atoms with Gasteiger partial charge in [0.1, 0.15) is 11.2 Å². The summed E-state index contributed by atoms with van der Waals surface area (Å²) in [6.45, 7) is 0. The number of para-hydroxylation sites is 2. The number of hydrogen-bond acceptors (Lipinski definition) is 2. The lowest BCUT2D eigenvalue weighted by atomic mass is 10.1. The van der Waals surface area contributed by atoms with Gasteiger partial charge in [-0.3, -0.25) is 0 Å². The van der Waals surface area contributed by atoms with E-state index in [-0.39, 0.29) is 0 Å². The van der Waals surface area contributed by atoms with Crippen LogP contribution < -0.4 is 5.73 Å². The number of nitrogens with zero attached hydrogens (tertiary/aromatic N) is 1. The first-order valence-electron chi connectivity index (χ1n) is 9.00. The van der Waals surface area contributed by atoms with Crippen molar-refractivity contribution in [2.45, 2.75) is 0 Å². The number of benzene rings is 4. The molecular weight excluding hydrogens is 332 g/mol. The molecule has 0 bridgehead atoms. The number of rotatable bonds is 1. The molecule has 6 rings (SSSR count). The fourth-order valence-electron chi connectivity index (χ4n) is 4.18. The second kappa shape index (κ2) is 5.15. The van der Waals surface area contributed by atoms with Gasteiger partial charge in [-0.05, 0) is 42.5 Å². The van der Waals surface area contributed by atoms with Gasteiger partial charge in [0, 0.05) is 27.5 Å². The number of aromatic nitrogens is 1. The number of fused-ring (bicyclic) bond motifs is 6. The Balaban J connectivity index is 1.76. The van der Waals surface area contributed by atoms with E-state index < -0.39 is 0 Å². The lowest BCUT2D eigenvalue weighted by Crippen LogP contribution is -1.93. The van der Waals surface area contributed by atoms with Crippen molar-refractivity contribution in [3.05, 3.63) is 84.9 Å². The first kappa shape index (κ1) is 14.4. The molecule has 0 fully saturated rings. The molecule has 2 heterocycles. The summed E-state index contributed by atoms with van der Waals surface area (Å²) in [5.41, 5.74) is 12.2. The molecule has 2 N–H and O–H groups in total. The highest BCUT2D eigenvalue weighted by atomic mass is 16.3. The molecule has 0 saturated carbocycles. The van der Waals surface area contributed by atoms with E-state index in [1.165, 1.54) is 21.8 Å². The Kier molecular flexibility index (Phi) is 2.75. The SMILES string of the molecule is Nc1cccc2oc3ccc(-n4c5ccccc5c5ccccc54)cc3c12. The van der Waals surface area contributed by atoms with Gasteiger partial charge in [-0.25, -0.2) is 0 Å². The number of furan rings is 1. The predicted molar refractivity (Wildman–Crippen MR) is 112 cm³/mol. The van der Waals surface area contributed by atoms with Gasteiger partial charge in [0.25, 0.3) is 0 Å². The molecular formula is C24H16N2O. The van der Waals surface area contributed by atoms with Crippen LogP contribution >= 0.6 is 0 Å². The molecule has 3 heteroatoms. The molecule has 6 aromatic rings. The molecule has 4 aromatic carbocycles. The maximum atomic E-state index is 6.25. The van der Waals surface area contributed by atoms with Gasteiger partial charge in [0.2, 0.25) is 0 Å². The maximum absolute atomic E-state index is 6.25. The Bertz CT molecular complexity index is 1430. The lowest BCUT2D eigenvalue weighted by molar-refractivity contribution is 0.669. The third kappa shape index (κ3) is 1.91. The summed E-state index contributed by atoms with van der Waals surface area (Å²) in [6.07, 6.45) is 0. The fourth-order valence-corrected chi connectivity index (χ4v) is 4.18. The topological polar surface area (TPSA) is 44.1 Å². The highest BCUT2D eigenvalue weighted by Gasteiger charge is 2.14. The smallest absolute Gasteiger partial charge is 0.137 e. The average molecular weight is 348 g/mol. The summed E-state index contributed by atoms with van der Waals surface area (Å²) in [6, 6.07) is 29.2. The molecule has 3 nitrogen and oxygen atoms in total. The normalized spacial score (nSPS) is 11.9. The zero-order chi connectivity index (χ0) is 18.0. The summed E-state index contributed by atoms with van der Waals surface area (Å²) in [7, 11) is 0. The van der Waals surface area contributed by atoms with Crippen molar-refractivity contribution in [1.82, 2.24) is 4.57 Å². The monoisotopic (exact) mass is 348 g/mol. The third-order valence-electron chi connectivity index (χ3n) is 5.35. The van der Waals surface area contributed by atoms with E-state index >= 15 is 0 Å². The molecule has 0 saturated heterocycles. The zero-order valence-electron chi connectivity index (χ0n) is 14.5.